The van der Waals surface area contributed by atoms with Crippen LogP contribution in [0.2, 0.25) is 10.0 Å². The Morgan fingerprint density at radius 3 is 2.47 bits per heavy atom. The molecule has 30 heavy (non-hydrogen) atoms. The fourth-order valence-corrected chi connectivity index (χ4v) is 5.67. The molecule has 6 heteroatoms. The van der Waals surface area contributed by atoms with Crippen LogP contribution in [0.15, 0.2) is 42.7 Å². The normalized spacial score (nSPS) is 19.6. The largest absolute Gasteiger partial charge is 0.371 e. The molecule has 0 radical (unpaired) electrons. The van der Waals surface area contributed by atoms with Gasteiger partial charge in [0.1, 0.15) is 0 Å². The van der Waals surface area contributed by atoms with E-state index >= 15 is 0 Å². The highest BCUT2D eigenvalue weighted by Gasteiger charge is 2.26. The van der Waals surface area contributed by atoms with Gasteiger partial charge < -0.3 is 14.4 Å². The molecule has 0 spiro atoms. The van der Waals surface area contributed by atoms with Crippen molar-refractivity contribution in [1.82, 2.24) is 14.5 Å². The first-order valence-electron chi connectivity index (χ1n) is 11.0. The zero-order chi connectivity index (χ0) is 20.7. The number of nitrogens with zero attached hydrogens (tertiary/aromatic N) is 4. The number of aromatic nitrogens is 2. The molecule has 2 aromatic carbocycles. The van der Waals surface area contributed by atoms with Gasteiger partial charge in [-0.3, -0.25) is 0 Å². The molecule has 2 aliphatic rings. The van der Waals surface area contributed by atoms with E-state index in [1.165, 1.54) is 44.5 Å². The van der Waals surface area contributed by atoms with Gasteiger partial charge in [-0.05, 0) is 81.6 Å². The first-order chi connectivity index (χ1) is 14.6. The Morgan fingerprint density at radius 1 is 0.967 bits per heavy atom. The predicted octanol–water partition coefficient (Wildman–Crippen LogP) is 6.02. The fraction of sp³-hybridized carbons (Fsp3) is 0.458. The van der Waals surface area contributed by atoms with E-state index in [4.69, 9.17) is 23.2 Å². The van der Waals surface area contributed by atoms with Crippen LogP contribution in [0.4, 0.5) is 5.69 Å². The van der Waals surface area contributed by atoms with Gasteiger partial charge in [-0.15, -0.1) is 0 Å². The van der Waals surface area contributed by atoms with Crippen LogP contribution in [0.1, 0.15) is 44.2 Å². The molecular weight excluding hydrogens is 415 g/mol. The summed E-state index contributed by atoms with van der Waals surface area (Å²) in [6.45, 7) is 6.99. The highest BCUT2D eigenvalue weighted by Crippen LogP contribution is 2.32. The third-order valence-corrected chi connectivity index (χ3v) is 7.44. The molecule has 2 fully saturated rings. The number of piperidine rings is 1. The van der Waals surface area contributed by atoms with Crippen LogP contribution in [-0.2, 0) is 0 Å². The SMILES string of the molecule is CC(c1ccc(Cl)cc1Cl)n1cnc2ccc(N3CCC(N4CCCC4)CC3)cc21. The molecule has 0 aliphatic carbocycles. The molecular formula is C24H28Cl2N4. The standard InChI is InChI=1S/C24H28Cl2N4/c1-17(21-6-4-18(25)14-22(21)26)30-16-27-23-7-5-20(15-24(23)30)29-12-8-19(9-13-29)28-10-2-3-11-28/h4-7,14-17,19H,2-3,8-13H2,1H3. The first-order valence-corrected chi connectivity index (χ1v) is 11.8. The van der Waals surface area contributed by atoms with Crippen LogP contribution in [0.5, 0.6) is 0 Å². The van der Waals surface area contributed by atoms with Crippen molar-refractivity contribution in [2.75, 3.05) is 31.1 Å². The summed E-state index contributed by atoms with van der Waals surface area (Å²) in [6.07, 6.45) is 7.18. The predicted molar refractivity (Wildman–Crippen MR) is 126 cm³/mol. The van der Waals surface area contributed by atoms with Crippen molar-refractivity contribution >= 4 is 39.9 Å². The molecule has 0 bridgehead atoms. The van der Waals surface area contributed by atoms with Crippen molar-refractivity contribution in [1.29, 1.82) is 0 Å². The lowest BCUT2D eigenvalue weighted by Crippen LogP contribution is -2.43. The highest BCUT2D eigenvalue weighted by atomic mass is 35.5. The van der Waals surface area contributed by atoms with Gasteiger partial charge in [-0.2, -0.15) is 0 Å². The molecule has 4 nitrogen and oxygen atoms in total. The molecule has 0 saturated carbocycles. The maximum Gasteiger partial charge on any atom is 0.0964 e. The van der Waals surface area contributed by atoms with Gasteiger partial charge in [0.25, 0.3) is 0 Å². The lowest BCUT2D eigenvalue weighted by Gasteiger charge is -2.37. The highest BCUT2D eigenvalue weighted by molar-refractivity contribution is 6.35. The summed E-state index contributed by atoms with van der Waals surface area (Å²) in [5, 5.41) is 1.35. The second kappa shape index (κ2) is 8.41. The third-order valence-electron chi connectivity index (χ3n) is 6.87. The molecule has 0 amide bonds. The summed E-state index contributed by atoms with van der Waals surface area (Å²) in [5.74, 6) is 0. The first kappa shape index (κ1) is 20.2. The topological polar surface area (TPSA) is 24.3 Å². The van der Waals surface area contributed by atoms with Crippen LogP contribution in [0, 0.1) is 0 Å². The second-order valence-corrected chi connectivity index (χ2v) is 9.47. The summed E-state index contributed by atoms with van der Waals surface area (Å²) >= 11 is 12.6. The zero-order valence-corrected chi connectivity index (χ0v) is 18.9. The van der Waals surface area contributed by atoms with Crippen LogP contribution in [0.25, 0.3) is 11.0 Å². The molecule has 1 unspecified atom stereocenters. The van der Waals surface area contributed by atoms with Crippen LogP contribution in [-0.4, -0.2) is 46.7 Å². The lowest BCUT2D eigenvalue weighted by molar-refractivity contribution is 0.208. The van der Waals surface area contributed by atoms with E-state index in [2.05, 4.69) is 44.5 Å². The molecule has 5 rings (SSSR count). The van der Waals surface area contributed by atoms with E-state index < -0.39 is 0 Å². The quantitative estimate of drug-likeness (QED) is 0.493. The van der Waals surface area contributed by atoms with Crippen molar-refractivity contribution in [3.8, 4) is 0 Å². The van der Waals surface area contributed by atoms with Crippen LogP contribution in [0.3, 0.4) is 0 Å². The Balaban J connectivity index is 1.38. The Morgan fingerprint density at radius 2 is 1.73 bits per heavy atom. The van der Waals surface area contributed by atoms with Gasteiger partial charge in [-0.1, -0.05) is 29.3 Å². The third kappa shape index (κ3) is 3.81. The van der Waals surface area contributed by atoms with E-state index in [-0.39, 0.29) is 6.04 Å². The van der Waals surface area contributed by atoms with E-state index in [0.717, 1.165) is 35.7 Å². The van der Waals surface area contributed by atoms with E-state index in [1.807, 2.05) is 24.5 Å². The summed E-state index contributed by atoms with van der Waals surface area (Å²) in [6, 6.07) is 13.2. The maximum absolute atomic E-state index is 6.48. The molecule has 158 valence electrons. The van der Waals surface area contributed by atoms with Crippen molar-refractivity contribution in [3.05, 3.63) is 58.3 Å². The van der Waals surface area contributed by atoms with Gasteiger partial charge >= 0.3 is 0 Å². The van der Waals surface area contributed by atoms with Crippen molar-refractivity contribution in [2.24, 2.45) is 0 Å². The molecule has 3 heterocycles. The molecule has 1 atom stereocenters. The molecule has 2 saturated heterocycles. The zero-order valence-electron chi connectivity index (χ0n) is 17.4. The monoisotopic (exact) mass is 442 g/mol. The Kier molecular flexibility index (Phi) is 5.65. The summed E-state index contributed by atoms with van der Waals surface area (Å²) < 4.78 is 2.21. The Labute approximate surface area is 188 Å². The number of hydrogen-bond donors (Lipinski definition) is 0. The number of halogens is 2. The number of benzene rings is 2. The number of imidazole rings is 1. The maximum atomic E-state index is 6.48. The number of hydrogen-bond acceptors (Lipinski definition) is 3. The smallest absolute Gasteiger partial charge is 0.0964 e. The molecule has 2 aliphatic heterocycles. The number of rotatable bonds is 4. The van der Waals surface area contributed by atoms with Gasteiger partial charge in [0, 0.05) is 34.9 Å². The van der Waals surface area contributed by atoms with Crippen LogP contribution < -0.4 is 4.90 Å². The number of likely N-dealkylation sites (tertiary alicyclic amines) is 1. The lowest BCUT2D eigenvalue weighted by atomic mass is 10.0. The van der Waals surface area contributed by atoms with Crippen molar-refractivity contribution < 1.29 is 0 Å². The van der Waals surface area contributed by atoms with Crippen molar-refractivity contribution in [2.45, 2.75) is 44.7 Å². The van der Waals surface area contributed by atoms with Gasteiger partial charge in [0.15, 0.2) is 0 Å². The van der Waals surface area contributed by atoms with E-state index in [1.54, 1.807) is 0 Å². The summed E-state index contributed by atoms with van der Waals surface area (Å²) in [4.78, 5) is 9.86. The Hall–Kier alpha value is -1.75. The summed E-state index contributed by atoms with van der Waals surface area (Å²) in [5.41, 5.74) is 4.51. The van der Waals surface area contributed by atoms with Gasteiger partial charge in [0.05, 0.1) is 23.4 Å². The summed E-state index contributed by atoms with van der Waals surface area (Å²) in [7, 11) is 0. The minimum Gasteiger partial charge on any atom is -0.371 e. The molecule has 0 N–H and O–H groups in total. The minimum absolute atomic E-state index is 0.0796. The average Bonchev–Trinajstić information content (AvgIpc) is 3.43. The second-order valence-electron chi connectivity index (χ2n) is 8.63. The number of fused-ring (bicyclic) bond motifs is 1. The van der Waals surface area contributed by atoms with E-state index in [9.17, 15) is 0 Å². The van der Waals surface area contributed by atoms with Gasteiger partial charge in [0.2, 0.25) is 0 Å². The minimum atomic E-state index is 0.0796. The fourth-order valence-electron chi connectivity index (χ4n) is 5.11. The number of anilines is 1. The average molecular weight is 443 g/mol. The van der Waals surface area contributed by atoms with Crippen molar-refractivity contribution in [3.63, 3.8) is 0 Å². The van der Waals surface area contributed by atoms with Crippen LogP contribution >= 0.6 is 23.2 Å². The van der Waals surface area contributed by atoms with E-state index in [0.29, 0.717) is 10.0 Å². The molecule has 1 aromatic heterocycles. The Bertz CT molecular complexity index is 1030. The molecule has 3 aromatic rings. The van der Waals surface area contributed by atoms with Gasteiger partial charge in [-0.25, -0.2) is 4.98 Å².